The summed E-state index contributed by atoms with van der Waals surface area (Å²) < 4.78 is 18.4. The number of benzene rings is 3. The quantitative estimate of drug-likeness (QED) is 0.158. The second-order valence-electron chi connectivity index (χ2n) is 10.8. The van der Waals surface area contributed by atoms with Crippen molar-refractivity contribution < 1.29 is 23.8 Å². The van der Waals surface area contributed by atoms with Crippen molar-refractivity contribution in [2.45, 2.75) is 31.1 Å². The van der Waals surface area contributed by atoms with E-state index in [9.17, 15) is 9.59 Å². The number of carbonyl (C=O) groups is 2. The topological polar surface area (TPSA) is 120 Å². The standard InChI is InChI=1S/C35H34N6O5S2/c1-22-8-5-9-24(18-22)40-31(20-36-34(43)23-13-15-25(44-2)16-14-23)37-38-35(40)48-21-32(42)41-28(19-27(39-41)30-12-7-17-47-30)26-10-6-11-29(45-3)33(26)46-4/h5-18,28H,19-21H2,1-4H3,(H,36,43)/t28-/m0/s1. The molecule has 13 heteroatoms. The highest BCUT2D eigenvalue weighted by Crippen LogP contribution is 2.42. The molecule has 0 spiro atoms. The Labute approximate surface area is 286 Å². The number of carbonyl (C=O) groups excluding carboxylic acids is 2. The van der Waals surface area contributed by atoms with Crippen LogP contribution in [0.3, 0.4) is 0 Å². The van der Waals surface area contributed by atoms with E-state index in [2.05, 4.69) is 15.5 Å². The zero-order chi connectivity index (χ0) is 33.6. The van der Waals surface area contributed by atoms with Crippen molar-refractivity contribution in [1.82, 2.24) is 25.1 Å². The Morgan fingerprint density at radius 3 is 2.48 bits per heavy atom. The minimum Gasteiger partial charge on any atom is -0.497 e. The van der Waals surface area contributed by atoms with Gasteiger partial charge in [0.2, 0.25) is 0 Å². The molecule has 0 radical (unpaired) electrons. The van der Waals surface area contributed by atoms with Gasteiger partial charge in [0, 0.05) is 23.2 Å². The van der Waals surface area contributed by atoms with Crippen molar-refractivity contribution >= 4 is 40.6 Å². The van der Waals surface area contributed by atoms with Crippen LogP contribution >= 0.6 is 23.1 Å². The van der Waals surface area contributed by atoms with Gasteiger partial charge in [0.25, 0.3) is 11.8 Å². The van der Waals surface area contributed by atoms with Crippen molar-refractivity contribution in [3.05, 3.63) is 112 Å². The summed E-state index contributed by atoms with van der Waals surface area (Å²) >= 11 is 2.84. The third-order valence-corrected chi connectivity index (χ3v) is 9.64. The molecule has 1 N–H and O–H groups in total. The Balaban J connectivity index is 1.25. The molecule has 0 bridgehead atoms. The lowest BCUT2D eigenvalue weighted by atomic mass is 9.99. The van der Waals surface area contributed by atoms with Crippen molar-refractivity contribution in [3.63, 3.8) is 0 Å². The molecule has 11 nitrogen and oxygen atoms in total. The average molecular weight is 683 g/mol. The van der Waals surface area contributed by atoms with Gasteiger partial charge >= 0.3 is 0 Å². The maximum Gasteiger partial charge on any atom is 0.253 e. The van der Waals surface area contributed by atoms with E-state index in [0.717, 1.165) is 27.4 Å². The van der Waals surface area contributed by atoms with Crippen LogP contribution in [0.25, 0.3) is 5.69 Å². The largest absolute Gasteiger partial charge is 0.497 e. The van der Waals surface area contributed by atoms with E-state index >= 15 is 0 Å². The van der Waals surface area contributed by atoms with Gasteiger partial charge in [0.15, 0.2) is 22.5 Å². The van der Waals surface area contributed by atoms with Crippen molar-refractivity contribution in [2.24, 2.45) is 5.10 Å². The number of amides is 2. The number of hydrogen-bond donors (Lipinski definition) is 1. The summed E-state index contributed by atoms with van der Waals surface area (Å²) in [4.78, 5) is 27.9. The lowest BCUT2D eigenvalue weighted by molar-refractivity contribution is -0.130. The Morgan fingerprint density at radius 1 is 0.958 bits per heavy atom. The van der Waals surface area contributed by atoms with Crippen LogP contribution in [-0.4, -0.2) is 64.4 Å². The summed E-state index contributed by atoms with van der Waals surface area (Å²) in [5, 5.41) is 20.7. The molecular formula is C35H34N6O5S2. The number of thiophene rings is 1. The highest BCUT2D eigenvalue weighted by molar-refractivity contribution is 7.99. The third-order valence-electron chi connectivity index (χ3n) is 7.81. The predicted molar refractivity (Wildman–Crippen MR) is 186 cm³/mol. The summed E-state index contributed by atoms with van der Waals surface area (Å²) in [6, 6.07) is 24.0. The number of thioether (sulfide) groups is 1. The molecule has 1 aliphatic heterocycles. The van der Waals surface area contributed by atoms with E-state index in [1.807, 2.05) is 71.5 Å². The number of ether oxygens (including phenoxy) is 3. The van der Waals surface area contributed by atoms with Gasteiger partial charge in [-0.05, 0) is 66.4 Å². The number of hydrazone groups is 1. The fourth-order valence-electron chi connectivity index (χ4n) is 5.48. The fraction of sp³-hybridized carbons (Fsp3) is 0.229. The van der Waals surface area contributed by atoms with E-state index < -0.39 is 6.04 Å². The second kappa shape index (κ2) is 14.7. The van der Waals surface area contributed by atoms with Crippen LogP contribution in [0.5, 0.6) is 17.2 Å². The molecule has 0 fully saturated rings. The summed E-state index contributed by atoms with van der Waals surface area (Å²) in [7, 11) is 4.76. The normalized spacial score (nSPS) is 14.0. The molecule has 246 valence electrons. The van der Waals surface area contributed by atoms with Gasteiger partial charge < -0.3 is 19.5 Å². The van der Waals surface area contributed by atoms with Crippen LogP contribution in [0.1, 0.15) is 44.6 Å². The van der Waals surface area contributed by atoms with Gasteiger partial charge in [-0.15, -0.1) is 21.5 Å². The Bertz CT molecular complexity index is 1940. The van der Waals surface area contributed by atoms with E-state index in [4.69, 9.17) is 19.3 Å². The third kappa shape index (κ3) is 6.92. The zero-order valence-corrected chi connectivity index (χ0v) is 28.5. The number of nitrogens with zero attached hydrogens (tertiary/aromatic N) is 5. The first-order chi connectivity index (χ1) is 23.4. The van der Waals surface area contributed by atoms with E-state index in [1.54, 1.807) is 61.9 Å². The van der Waals surface area contributed by atoms with Crippen LogP contribution in [0, 0.1) is 6.92 Å². The first-order valence-electron chi connectivity index (χ1n) is 15.1. The number of nitrogens with one attached hydrogen (secondary N) is 1. The van der Waals surface area contributed by atoms with Crippen molar-refractivity contribution in [2.75, 3.05) is 27.1 Å². The SMILES string of the molecule is COc1ccc(C(=O)NCc2nnc(SCC(=O)N3N=C(c4cccs4)C[C@H]3c3cccc(OC)c3OC)n2-c2cccc(C)c2)cc1. The maximum atomic E-state index is 14.0. The molecule has 5 aromatic rings. The first-order valence-corrected chi connectivity index (χ1v) is 17.0. The Hall–Kier alpha value is -5.14. The van der Waals surface area contributed by atoms with Crippen molar-refractivity contribution in [1.29, 1.82) is 0 Å². The van der Waals surface area contributed by atoms with Gasteiger partial charge in [-0.1, -0.05) is 42.1 Å². The monoisotopic (exact) mass is 682 g/mol. The summed E-state index contributed by atoms with van der Waals surface area (Å²) in [6.45, 7) is 2.12. The molecule has 0 unspecified atom stereocenters. The number of rotatable bonds is 12. The summed E-state index contributed by atoms with van der Waals surface area (Å²) in [6.07, 6.45) is 0.526. The number of aryl methyl sites for hydroxylation is 1. The van der Waals surface area contributed by atoms with Crippen LogP contribution in [0.15, 0.2) is 94.5 Å². The molecule has 3 aromatic carbocycles. The molecule has 1 atom stereocenters. The number of para-hydroxylation sites is 1. The van der Waals surface area contributed by atoms with Crippen molar-refractivity contribution in [3.8, 4) is 22.9 Å². The molecule has 48 heavy (non-hydrogen) atoms. The van der Waals surface area contributed by atoms with E-state index in [0.29, 0.717) is 40.2 Å². The molecule has 0 saturated heterocycles. The number of aromatic nitrogens is 3. The Kier molecular flexibility index (Phi) is 10.1. The van der Waals surface area contributed by atoms with Gasteiger partial charge in [-0.3, -0.25) is 14.2 Å². The van der Waals surface area contributed by atoms with E-state index in [-0.39, 0.29) is 24.1 Å². The van der Waals surface area contributed by atoms with Gasteiger partial charge in [0.1, 0.15) is 5.75 Å². The number of hydrogen-bond acceptors (Lipinski definition) is 10. The van der Waals surface area contributed by atoms with Crippen LogP contribution < -0.4 is 19.5 Å². The molecule has 2 aromatic heterocycles. The highest BCUT2D eigenvalue weighted by atomic mass is 32.2. The van der Waals surface area contributed by atoms with Crippen LogP contribution in [0.4, 0.5) is 0 Å². The van der Waals surface area contributed by atoms with Gasteiger partial charge in [0.05, 0.1) is 50.3 Å². The summed E-state index contributed by atoms with van der Waals surface area (Å²) in [5.74, 6) is 1.93. The van der Waals surface area contributed by atoms with Gasteiger partial charge in [-0.25, -0.2) is 5.01 Å². The van der Waals surface area contributed by atoms with E-state index in [1.165, 1.54) is 11.8 Å². The molecular weight excluding hydrogens is 649 g/mol. The molecule has 6 rings (SSSR count). The van der Waals surface area contributed by atoms with Crippen LogP contribution in [0.2, 0.25) is 0 Å². The zero-order valence-electron chi connectivity index (χ0n) is 26.9. The lowest BCUT2D eigenvalue weighted by Gasteiger charge is -2.24. The molecule has 3 heterocycles. The Morgan fingerprint density at radius 2 is 1.77 bits per heavy atom. The highest BCUT2D eigenvalue weighted by Gasteiger charge is 2.36. The first kappa shape index (κ1) is 32.8. The molecule has 0 aliphatic carbocycles. The van der Waals surface area contributed by atoms with Gasteiger partial charge in [-0.2, -0.15) is 5.10 Å². The smallest absolute Gasteiger partial charge is 0.253 e. The fourth-order valence-corrected chi connectivity index (χ4v) is 7.02. The molecule has 0 saturated carbocycles. The van der Waals surface area contributed by atoms with Crippen LogP contribution in [-0.2, 0) is 11.3 Å². The molecule has 1 aliphatic rings. The predicted octanol–water partition coefficient (Wildman–Crippen LogP) is 6.06. The minimum absolute atomic E-state index is 0.0478. The second-order valence-corrected chi connectivity index (χ2v) is 12.7. The average Bonchev–Trinajstić information content (AvgIpc) is 3.89. The minimum atomic E-state index is -0.390. The number of methoxy groups -OCH3 is 3. The maximum absolute atomic E-state index is 14.0. The lowest BCUT2D eigenvalue weighted by Crippen LogP contribution is -2.29. The summed E-state index contributed by atoms with van der Waals surface area (Å²) in [5.41, 5.74) is 4.00. The molecule has 2 amide bonds.